The summed E-state index contributed by atoms with van der Waals surface area (Å²) in [4.78, 5) is 17.3. The van der Waals surface area contributed by atoms with Crippen molar-refractivity contribution >= 4 is 27.0 Å². The number of hydrogen-bond acceptors (Lipinski definition) is 1. The first kappa shape index (κ1) is 12.7. The van der Waals surface area contributed by atoms with Gasteiger partial charge in [0, 0.05) is 4.83 Å². The highest BCUT2D eigenvalue weighted by Crippen LogP contribution is 2.51. The van der Waals surface area contributed by atoms with Gasteiger partial charge in [0.1, 0.15) is 0 Å². The van der Waals surface area contributed by atoms with Gasteiger partial charge in [0.2, 0.25) is 0 Å². The summed E-state index contributed by atoms with van der Waals surface area (Å²) in [5, 5.41) is 0. The van der Waals surface area contributed by atoms with Crippen LogP contribution in [-0.2, 0) is 0 Å². The third kappa shape index (κ3) is 2.14. The Labute approximate surface area is 126 Å². The molecule has 4 atom stereocenters. The van der Waals surface area contributed by atoms with Gasteiger partial charge >= 0.3 is 5.69 Å². The Balaban J connectivity index is 1.54. The molecular weight excluding hydrogens is 316 g/mol. The van der Waals surface area contributed by atoms with Crippen LogP contribution in [0.5, 0.6) is 0 Å². The fourth-order valence-corrected chi connectivity index (χ4v) is 5.08. The van der Waals surface area contributed by atoms with Crippen LogP contribution >= 0.6 is 15.9 Å². The van der Waals surface area contributed by atoms with Gasteiger partial charge < -0.3 is 9.97 Å². The van der Waals surface area contributed by atoms with Gasteiger partial charge in [-0.2, -0.15) is 0 Å². The summed E-state index contributed by atoms with van der Waals surface area (Å²) in [6.45, 7) is 0. The van der Waals surface area contributed by atoms with Crippen LogP contribution in [0.25, 0.3) is 11.0 Å². The number of H-pyrrole nitrogens is 2. The van der Waals surface area contributed by atoms with Crippen molar-refractivity contribution in [2.24, 2.45) is 17.8 Å². The number of fused-ring (bicyclic) bond motifs is 3. The molecule has 0 aliphatic heterocycles. The van der Waals surface area contributed by atoms with Gasteiger partial charge in [-0.25, -0.2) is 4.79 Å². The molecule has 1 heterocycles. The Morgan fingerprint density at radius 3 is 2.80 bits per heavy atom. The Bertz CT molecular complexity index is 689. The highest BCUT2D eigenvalue weighted by Gasteiger charge is 2.39. The quantitative estimate of drug-likeness (QED) is 0.815. The van der Waals surface area contributed by atoms with Crippen LogP contribution in [0.4, 0.5) is 0 Å². The molecule has 0 amide bonds. The Morgan fingerprint density at radius 2 is 2.05 bits per heavy atom. The minimum Gasteiger partial charge on any atom is -0.306 e. The van der Waals surface area contributed by atoms with Crippen LogP contribution in [-0.4, -0.2) is 9.97 Å². The molecular formula is C16H19BrN2O. The number of alkyl halides is 1. The molecule has 0 spiro atoms. The van der Waals surface area contributed by atoms with Crippen LogP contribution in [0, 0.1) is 17.8 Å². The first-order chi connectivity index (χ1) is 9.69. The van der Waals surface area contributed by atoms with E-state index in [1.165, 1.54) is 37.7 Å². The molecule has 0 saturated heterocycles. The third-order valence-electron chi connectivity index (χ3n) is 5.30. The number of hydrogen-bond donors (Lipinski definition) is 2. The number of halogens is 1. The number of imidazole rings is 1. The number of benzene rings is 1. The molecule has 20 heavy (non-hydrogen) atoms. The minimum atomic E-state index is -0.128. The second-order valence-corrected chi connectivity index (χ2v) is 7.63. The molecule has 2 N–H and O–H groups in total. The van der Waals surface area contributed by atoms with E-state index >= 15 is 0 Å². The predicted octanol–water partition coefficient (Wildman–Crippen LogP) is 4.12. The van der Waals surface area contributed by atoms with Gasteiger partial charge in [-0.05, 0) is 61.1 Å². The molecule has 4 rings (SSSR count). The molecule has 2 bridgehead atoms. The summed E-state index contributed by atoms with van der Waals surface area (Å²) in [6.07, 6.45) is 7.02. The number of rotatable bonds is 3. The van der Waals surface area contributed by atoms with E-state index in [1.54, 1.807) is 0 Å². The lowest BCUT2D eigenvalue weighted by atomic mass is 9.84. The van der Waals surface area contributed by atoms with Crippen LogP contribution in [0.3, 0.4) is 0 Å². The molecule has 2 aliphatic rings. The van der Waals surface area contributed by atoms with Crippen molar-refractivity contribution in [3.8, 4) is 0 Å². The van der Waals surface area contributed by atoms with Crippen molar-refractivity contribution in [2.75, 3.05) is 0 Å². The molecule has 106 valence electrons. The molecule has 1 aromatic heterocycles. The third-order valence-corrected chi connectivity index (χ3v) is 6.20. The summed E-state index contributed by atoms with van der Waals surface area (Å²) in [6, 6.07) is 6.22. The standard InChI is InChI=1S/C16H19BrN2O/c17-13(7-12-6-9-1-2-10(12)5-9)11-3-4-14-15(8-11)19-16(20)18-14/h3-4,8-10,12-13H,1-2,5-7H2,(H2,18,19,20). The lowest BCUT2D eigenvalue weighted by molar-refractivity contribution is 0.314. The van der Waals surface area contributed by atoms with Gasteiger partial charge in [-0.1, -0.05) is 28.4 Å². The number of aromatic amines is 2. The van der Waals surface area contributed by atoms with Gasteiger partial charge in [0.05, 0.1) is 11.0 Å². The van der Waals surface area contributed by atoms with Crippen LogP contribution < -0.4 is 5.69 Å². The van der Waals surface area contributed by atoms with E-state index in [0.717, 1.165) is 28.8 Å². The van der Waals surface area contributed by atoms with Gasteiger partial charge in [-0.15, -0.1) is 0 Å². The van der Waals surface area contributed by atoms with Crippen molar-refractivity contribution in [1.82, 2.24) is 9.97 Å². The van der Waals surface area contributed by atoms with E-state index in [1.807, 2.05) is 6.07 Å². The first-order valence-electron chi connectivity index (χ1n) is 7.55. The summed E-state index contributed by atoms with van der Waals surface area (Å²) in [5.41, 5.74) is 2.94. The maximum Gasteiger partial charge on any atom is 0.323 e. The largest absolute Gasteiger partial charge is 0.323 e. The Morgan fingerprint density at radius 1 is 1.20 bits per heavy atom. The topological polar surface area (TPSA) is 48.6 Å². The van der Waals surface area contributed by atoms with Crippen molar-refractivity contribution in [3.63, 3.8) is 0 Å². The van der Waals surface area contributed by atoms with E-state index in [2.05, 4.69) is 38.0 Å². The fraction of sp³-hybridized carbons (Fsp3) is 0.562. The molecule has 3 nitrogen and oxygen atoms in total. The second-order valence-electron chi connectivity index (χ2n) is 6.52. The maximum atomic E-state index is 11.3. The zero-order chi connectivity index (χ0) is 13.7. The zero-order valence-corrected chi connectivity index (χ0v) is 12.9. The minimum absolute atomic E-state index is 0.128. The predicted molar refractivity (Wildman–Crippen MR) is 84.1 cm³/mol. The van der Waals surface area contributed by atoms with Crippen molar-refractivity contribution in [1.29, 1.82) is 0 Å². The van der Waals surface area contributed by atoms with E-state index in [9.17, 15) is 4.79 Å². The maximum absolute atomic E-state index is 11.3. The molecule has 2 fully saturated rings. The van der Waals surface area contributed by atoms with Crippen molar-refractivity contribution in [2.45, 2.75) is 36.9 Å². The average molecular weight is 335 g/mol. The highest BCUT2D eigenvalue weighted by atomic mass is 79.9. The lowest BCUT2D eigenvalue weighted by Crippen LogP contribution is -2.12. The zero-order valence-electron chi connectivity index (χ0n) is 11.4. The smallest absolute Gasteiger partial charge is 0.306 e. The number of nitrogens with one attached hydrogen (secondary N) is 2. The first-order valence-corrected chi connectivity index (χ1v) is 8.46. The Kier molecular flexibility index (Phi) is 3.02. The van der Waals surface area contributed by atoms with E-state index in [-0.39, 0.29) is 5.69 Å². The summed E-state index contributed by atoms with van der Waals surface area (Å²) < 4.78 is 0. The lowest BCUT2D eigenvalue weighted by Gasteiger charge is -2.24. The molecule has 0 radical (unpaired) electrons. The fourth-order valence-electron chi connectivity index (χ4n) is 4.31. The number of aromatic nitrogens is 2. The van der Waals surface area contributed by atoms with Crippen LogP contribution in [0.15, 0.2) is 23.0 Å². The second kappa shape index (κ2) is 4.76. The van der Waals surface area contributed by atoms with Gasteiger partial charge in [0.25, 0.3) is 0 Å². The Hall–Kier alpha value is -1.03. The molecule has 4 unspecified atom stereocenters. The van der Waals surface area contributed by atoms with Crippen molar-refractivity contribution < 1.29 is 0 Å². The van der Waals surface area contributed by atoms with E-state index in [4.69, 9.17) is 0 Å². The van der Waals surface area contributed by atoms with Gasteiger partial charge in [-0.3, -0.25) is 0 Å². The van der Waals surface area contributed by atoms with Crippen molar-refractivity contribution in [3.05, 3.63) is 34.2 Å². The summed E-state index contributed by atoms with van der Waals surface area (Å²) in [5.74, 6) is 2.86. The summed E-state index contributed by atoms with van der Waals surface area (Å²) >= 11 is 3.86. The monoisotopic (exact) mass is 334 g/mol. The molecule has 2 saturated carbocycles. The van der Waals surface area contributed by atoms with E-state index in [0.29, 0.717) is 4.83 Å². The average Bonchev–Trinajstić information content (AvgIpc) is 3.10. The normalized spacial score (nSPS) is 30.1. The van der Waals surface area contributed by atoms with E-state index < -0.39 is 0 Å². The molecule has 4 heteroatoms. The molecule has 1 aromatic carbocycles. The molecule has 2 aliphatic carbocycles. The highest BCUT2D eigenvalue weighted by molar-refractivity contribution is 9.09. The SMILES string of the molecule is O=c1[nH]c2ccc(C(Br)CC3CC4CCC3C4)cc2[nH]1. The molecule has 2 aromatic rings. The summed E-state index contributed by atoms with van der Waals surface area (Å²) in [7, 11) is 0. The van der Waals surface area contributed by atoms with Crippen LogP contribution in [0.2, 0.25) is 0 Å². The van der Waals surface area contributed by atoms with Crippen LogP contribution in [0.1, 0.15) is 42.5 Å². The van der Waals surface area contributed by atoms with Gasteiger partial charge in [0.15, 0.2) is 0 Å².